The number of aromatic nitrogens is 3. The summed E-state index contributed by atoms with van der Waals surface area (Å²) in [5.74, 6) is 0.0590. The number of alkyl halides is 3. The van der Waals surface area contributed by atoms with E-state index in [0.717, 1.165) is 42.6 Å². The maximum absolute atomic E-state index is 13.5. The van der Waals surface area contributed by atoms with E-state index >= 15 is 0 Å². The Morgan fingerprint density at radius 3 is 2.29 bits per heavy atom. The fourth-order valence-electron chi connectivity index (χ4n) is 4.43. The number of hydrogen-bond acceptors (Lipinski definition) is 6. The summed E-state index contributed by atoms with van der Waals surface area (Å²) in [6.07, 6.45) is -2.26. The second-order valence-corrected chi connectivity index (χ2v) is 9.92. The Morgan fingerprint density at radius 1 is 1.00 bits per heavy atom. The standard InChI is InChI=1S/C26H23Cl2F3N6O/c1-35-9-11-36(12-10-35)17-7-5-16(6-8-17)33-25-32-13-18-23(38)19(22-20(27)3-2-4-21(22)28)14-37(24(18)34-25)15-26(29,30)31/h2-8,13-14H,9-12,15H2,1H3,(H,32,33,34). The van der Waals surface area contributed by atoms with Gasteiger partial charge in [-0.05, 0) is 43.4 Å². The molecule has 0 spiro atoms. The SMILES string of the molecule is CN1CCN(c2ccc(Nc3ncc4c(=O)c(-c5c(Cl)cccc5Cl)cn(CC(F)(F)F)c4n3)cc2)CC1. The smallest absolute Gasteiger partial charge is 0.369 e. The van der Waals surface area contributed by atoms with Crippen molar-refractivity contribution in [1.29, 1.82) is 0 Å². The van der Waals surface area contributed by atoms with Gasteiger partial charge < -0.3 is 19.7 Å². The highest BCUT2D eigenvalue weighted by Gasteiger charge is 2.30. The number of nitrogens with zero attached hydrogens (tertiary/aromatic N) is 5. The van der Waals surface area contributed by atoms with Gasteiger partial charge in [0.15, 0.2) is 0 Å². The highest BCUT2D eigenvalue weighted by molar-refractivity contribution is 6.39. The second-order valence-electron chi connectivity index (χ2n) is 9.10. The number of benzene rings is 2. The largest absolute Gasteiger partial charge is 0.406 e. The molecule has 4 aromatic rings. The van der Waals surface area contributed by atoms with Gasteiger partial charge in [0.1, 0.15) is 12.2 Å². The molecule has 2 aromatic heterocycles. The molecule has 12 heteroatoms. The van der Waals surface area contributed by atoms with E-state index in [1.165, 1.54) is 18.3 Å². The maximum atomic E-state index is 13.5. The lowest BCUT2D eigenvalue weighted by molar-refractivity contribution is -0.140. The quantitative estimate of drug-likeness (QED) is 0.330. The van der Waals surface area contributed by atoms with Gasteiger partial charge in [-0.15, -0.1) is 0 Å². The molecule has 38 heavy (non-hydrogen) atoms. The fraction of sp³-hybridized carbons (Fsp3) is 0.269. The molecular formula is C26H23Cl2F3N6O. The number of piperazine rings is 1. The molecule has 0 atom stereocenters. The lowest BCUT2D eigenvalue weighted by Crippen LogP contribution is -2.44. The van der Waals surface area contributed by atoms with Crippen LogP contribution in [0.15, 0.2) is 59.7 Å². The molecule has 1 aliphatic rings. The third-order valence-electron chi connectivity index (χ3n) is 6.39. The van der Waals surface area contributed by atoms with Crippen LogP contribution in [-0.4, -0.2) is 58.8 Å². The van der Waals surface area contributed by atoms with Gasteiger partial charge in [0.2, 0.25) is 11.4 Å². The molecule has 0 saturated carbocycles. The van der Waals surface area contributed by atoms with Gasteiger partial charge in [0.05, 0.1) is 15.4 Å². The first-order valence-corrected chi connectivity index (χ1v) is 12.6. The molecule has 0 bridgehead atoms. The maximum Gasteiger partial charge on any atom is 0.406 e. The van der Waals surface area contributed by atoms with Crippen molar-refractivity contribution >= 4 is 51.6 Å². The van der Waals surface area contributed by atoms with Crippen molar-refractivity contribution < 1.29 is 13.2 Å². The molecule has 1 aliphatic heterocycles. The summed E-state index contributed by atoms with van der Waals surface area (Å²) in [7, 11) is 2.09. The minimum Gasteiger partial charge on any atom is -0.369 e. The first-order chi connectivity index (χ1) is 18.1. The lowest BCUT2D eigenvalue weighted by atomic mass is 10.1. The number of fused-ring (bicyclic) bond motifs is 1. The zero-order chi connectivity index (χ0) is 27.0. The number of anilines is 3. The fourth-order valence-corrected chi connectivity index (χ4v) is 5.03. The normalized spacial score (nSPS) is 14.7. The van der Waals surface area contributed by atoms with E-state index in [-0.39, 0.29) is 38.2 Å². The Labute approximate surface area is 226 Å². The third-order valence-corrected chi connectivity index (χ3v) is 7.02. The van der Waals surface area contributed by atoms with Crippen molar-refractivity contribution in [2.24, 2.45) is 0 Å². The number of likely N-dealkylation sites (N-methyl/N-ethyl adjacent to an activating group) is 1. The molecule has 2 aromatic carbocycles. The van der Waals surface area contributed by atoms with E-state index in [9.17, 15) is 18.0 Å². The predicted octanol–water partition coefficient (Wildman–Crippen LogP) is 5.82. The van der Waals surface area contributed by atoms with Crippen molar-refractivity contribution in [3.8, 4) is 11.1 Å². The van der Waals surface area contributed by atoms with Gasteiger partial charge in [0.25, 0.3) is 0 Å². The van der Waals surface area contributed by atoms with Crippen LogP contribution in [0.3, 0.4) is 0 Å². The number of hydrogen-bond donors (Lipinski definition) is 1. The van der Waals surface area contributed by atoms with E-state index in [2.05, 4.69) is 32.1 Å². The number of rotatable bonds is 5. The molecule has 0 aliphatic carbocycles. The zero-order valence-corrected chi connectivity index (χ0v) is 21.8. The summed E-state index contributed by atoms with van der Waals surface area (Å²) in [5.41, 5.74) is 1.09. The molecule has 1 saturated heterocycles. The van der Waals surface area contributed by atoms with Crippen molar-refractivity contribution in [3.05, 3.63) is 75.1 Å². The summed E-state index contributed by atoms with van der Waals surface area (Å²) in [6.45, 7) is 2.45. The van der Waals surface area contributed by atoms with Crippen LogP contribution in [0.2, 0.25) is 10.0 Å². The van der Waals surface area contributed by atoms with Crippen molar-refractivity contribution in [3.63, 3.8) is 0 Å². The zero-order valence-electron chi connectivity index (χ0n) is 20.3. The van der Waals surface area contributed by atoms with E-state index in [4.69, 9.17) is 23.2 Å². The molecule has 7 nitrogen and oxygen atoms in total. The van der Waals surface area contributed by atoms with Crippen molar-refractivity contribution in [2.45, 2.75) is 12.7 Å². The molecule has 0 amide bonds. The molecule has 0 radical (unpaired) electrons. The Balaban J connectivity index is 1.51. The number of pyridine rings is 1. The van der Waals surface area contributed by atoms with E-state index < -0.39 is 18.1 Å². The van der Waals surface area contributed by atoms with Gasteiger partial charge >= 0.3 is 6.18 Å². The Bertz CT molecular complexity index is 1510. The van der Waals surface area contributed by atoms with Crippen LogP contribution < -0.4 is 15.6 Å². The topological polar surface area (TPSA) is 66.3 Å². The molecule has 198 valence electrons. The minimum absolute atomic E-state index is 0.0590. The summed E-state index contributed by atoms with van der Waals surface area (Å²) in [5, 5.41) is 3.23. The predicted molar refractivity (Wildman–Crippen MR) is 145 cm³/mol. The van der Waals surface area contributed by atoms with Gasteiger partial charge in [-0.3, -0.25) is 4.79 Å². The lowest BCUT2D eigenvalue weighted by Gasteiger charge is -2.34. The van der Waals surface area contributed by atoms with Gasteiger partial charge in [-0.25, -0.2) is 4.98 Å². The van der Waals surface area contributed by atoms with Crippen LogP contribution >= 0.6 is 23.2 Å². The van der Waals surface area contributed by atoms with Crippen LogP contribution in [0.5, 0.6) is 0 Å². The Kier molecular flexibility index (Phi) is 7.21. The summed E-state index contributed by atoms with van der Waals surface area (Å²) in [4.78, 5) is 26.3. The summed E-state index contributed by atoms with van der Waals surface area (Å²) < 4.78 is 41.4. The number of halogens is 5. The first-order valence-electron chi connectivity index (χ1n) is 11.8. The van der Waals surface area contributed by atoms with E-state index in [1.807, 2.05) is 24.3 Å². The monoisotopic (exact) mass is 562 g/mol. The molecular weight excluding hydrogens is 540 g/mol. The highest BCUT2D eigenvalue weighted by atomic mass is 35.5. The van der Waals surface area contributed by atoms with Crippen LogP contribution in [0.4, 0.5) is 30.5 Å². The summed E-state index contributed by atoms with van der Waals surface area (Å²) >= 11 is 12.5. The average molecular weight is 563 g/mol. The number of nitrogens with one attached hydrogen (secondary N) is 1. The van der Waals surface area contributed by atoms with Crippen LogP contribution in [0, 0.1) is 0 Å². The Morgan fingerprint density at radius 2 is 1.66 bits per heavy atom. The molecule has 1 N–H and O–H groups in total. The van der Waals surface area contributed by atoms with E-state index in [0.29, 0.717) is 5.69 Å². The minimum atomic E-state index is -4.57. The van der Waals surface area contributed by atoms with Crippen LogP contribution in [0.1, 0.15) is 0 Å². The second kappa shape index (κ2) is 10.4. The third kappa shape index (κ3) is 5.57. The van der Waals surface area contributed by atoms with Crippen LogP contribution in [0.25, 0.3) is 22.2 Å². The average Bonchev–Trinajstić information content (AvgIpc) is 2.87. The molecule has 3 heterocycles. The molecule has 0 unspecified atom stereocenters. The summed E-state index contributed by atoms with van der Waals surface area (Å²) in [6, 6.07) is 12.3. The van der Waals surface area contributed by atoms with Crippen LogP contribution in [-0.2, 0) is 6.54 Å². The van der Waals surface area contributed by atoms with Gasteiger partial charge in [-0.2, -0.15) is 18.2 Å². The van der Waals surface area contributed by atoms with Crippen molar-refractivity contribution in [1.82, 2.24) is 19.4 Å². The molecule has 5 rings (SSSR count). The molecule has 1 fully saturated rings. The van der Waals surface area contributed by atoms with Gasteiger partial charge in [-0.1, -0.05) is 29.3 Å². The van der Waals surface area contributed by atoms with E-state index in [1.54, 1.807) is 6.07 Å². The first kappa shape index (κ1) is 26.3. The Hall–Kier alpha value is -3.34. The van der Waals surface area contributed by atoms with Crippen molar-refractivity contribution in [2.75, 3.05) is 43.4 Å². The highest BCUT2D eigenvalue weighted by Crippen LogP contribution is 2.34. The van der Waals surface area contributed by atoms with Gasteiger partial charge in [0, 0.05) is 61.1 Å².